The van der Waals surface area contributed by atoms with Crippen molar-refractivity contribution in [2.45, 2.75) is 38.6 Å². The molecule has 1 unspecified atom stereocenters. The fraction of sp³-hybridized carbons (Fsp3) is 0.261. The number of imide groups is 2. The van der Waals surface area contributed by atoms with Gasteiger partial charge in [0.15, 0.2) is 0 Å². The van der Waals surface area contributed by atoms with Gasteiger partial charge in [0.2, 0.25) is 17.7 Å². The largest absolute Gasteiger partial charge is 0.326 e. The number of anilines is 1. The molecule has 8 nitrogen and oxygen atoms in total. The molecule has 0 aromatic heterocycles. The first kappa shape index (κ1) is 21.7. The second kappa shape index (κ2) is 8.55. The Bertz CT molecular complexity index is 1180. The van der Waals surface area contributed by atoms with E-state index in [0.29, 0.717) is 22.7 Å². The van der Waals surface area contributed by atoms with Crippen LogP contribution in [0, 0.1) is 6.92 Å². The van der Waals surface area contributed by atoms with Crippen LogP contribution in [0.25, 0.3) is 0 Å². The van der Waals surface area contributed by atoms with Crippen molar-refractivity contribution in [3.63, 3.8) is 0 Å². The van der Waals surface area contributed by atoms with Crippen molar-refractivity contribution in [1.82, 2.24) is 10.2 Å². The standard InChI is InChI=1S/C23H20ClN3O5/c1-12-2-5-14(11-17(12)24)25-19(28)8-4-13-3-6-15-16(10-13)23(32)27(22(15)31)18-7-9-20(29)26-21(18)30/h2-3,5-6,10-11,18H,4,7-9H2,1H3,(H,25,28)(H,26,29,30). The first-order chi connectivity index (χ1) is 15.2. The van der Waals surface area contributed by atoms with Gasteiger partial charge < -0.3 is 5.32 Å². The van der Waals surface area contributed by atoms with Gasteiger partial charge in [0.25, 0.3) is 11.8 Å². The third-order valence-electron chi connectivity index (χ3n) is 5.60. The number of carbonyl (C=O) groups is 5. The van der Waals surface area contributed by atoms with E-state index in [1.165, 1.54) is 6.07 Å². The number of hydrogen-bond donors (Lipinski definition) is 2. The van der Waals surface area contributed by atoms with E-state index in [9.17, 15) is 24.0 Å². The lowest BCUT2D eigenvalue weighted by Gasteiger charge is -2.27. The molecule has 1 atom stereocenters. The molecule has 0 spiro atoms. The molecule has 2 aromatic rings. The van der Waals surface area contributed by atoms with Crippen molar-refractivity contribution in [3.8, 4) is 0 Å². The average Bonchev–Trinajstić information content (AvgIpc) is 2.99. The molecule has 32 heavy (non-hydrogen) atoms. The first-order valence-electron chi connectivity index (χ1n) is 10.1. The van der Waals surface area contributed by atoms with Crippen molar-refractivity contribution in [1.29, 1.82) is 0 Å². The number of fused-ring (bicyclic) bond motifs is 1. The number of carbonyl (C=O) groups excluding carboxylic acids is 5. The van der Waals surface area contributed by atoms with Crippen molar-refractivity contribution in [3.05, 3.63) is 63.7 Å². The Balaban J connectivity index is 1.43. The second-order valence-corrected chi connectivity index (χ2v) is 8.25. The van der Waals surface area contributed by atoms with Gasteiger partial charge in [0, 0.05) is 23.6 Å². The van der Waals surface area contributed by atoms with Gasteiger partial charge in [-0.1, -0.05) is 23.7 Å². The lowest BCUT2D eigenvalue weighted by molar-refractivity contribution is -0.136. The Kier molecular flexibility index (Phi) is 5.80. The Labute approximate surface area is 188 Å². The van der Waals surface area contributed by atoms with E-state index in [4.69, 9.17) is 11.6 Å². The highest BCUT2D eigenvalue weighted by Gasteiger charge is 2.44. The highest BCUT2D eigenvalue weighted by atomic mass is 35.5. The van der Waals surface area contributed by atoms with E-state index < -0.39 is 29.7 Å². The summed E-state index contributed by atoms with van der Waals surface area (Å²) in [4.78, 5) is 62.3. The lowest BCUT2D eigenvalue weighted by atomic mass is 10.0. The third kappa shape index (κ3) is 4.13. The molecule has 0 saturated carbocycles. The first-order valence-corrected chi connectivity index (χ1v) is 10.5. The summed E-state index contributed by atoms with van der Waals surface area (Å²) < 4.78 is 0. The van der Waals surface area contributed by atoms with Gasteiger partial charge >= 0.3 is 0 Å². The molecule has 1 saturated heterocycles. The van der Waals surface area contributed by atoms with Gasteiger partial charge in [0.05, 0.1) is 11.1 Å². The van der Waals surface area contributed by atoms with Crippen LogP contribution in [0.3, 0.4) is 0 Å². The van der Waals surface area contributed by atoms with Gasteiger partial charge in [-0.25, -0.2) is 0 Å². The van der Waals surface area contributed by atoms with Crippen LogP contribution in [-0.2, 0) is 20.8 Å². The zero-order valence-corrected chi connectivity index (χ0v) is 18.0. The van der Waals surface area contributed by atoms with Crippen LogP contribution >= 0.6 is 11.6 Å². The number of nitrogens with one attached hydrogen (secondary N) is 2. The van der Waals surface area contributed by atoms with Crippen molar-refractivity contribution < 1.29 is 24.0 Å². The molecule has 2 N–H and O–H groups in total. The fourth-order valence-electron chi connectivity index (χ4n) is 3.83. The third-order valence-corrected chi connectivity index (χ3v) is 6.01. The number of rotatable bonds is 5. The number of nitrogens with zero attached hydrogens (tertiary/aromatic N) is 1. The summed E-state index contributed by atoms with van der Waals surface area (Å²) in [7, 11) is 0. The molecule has 0 radical (unpaired) electrons. The predicted molar refractivity (Wildman–Crippen MR) is 116 cm³/mol. The summed E-state index contributed by atoms with van der Waals surface area (Å²) in [6, 6.07) is 9.06. The SMILES string of the molecule is Cc1ccc(NC(=O)CCc2ccc3c(c2)C(=O)N(C2CCC(=O)NC2=O)C3=O)cc1Cl. The summed E-state index contributed by atoms with van der Waals surface area (Å²) in [5.41, 5.74) is 2.63. The van der Waals surface area contributed by atoms with Crippen molar-refractivity contribution >= 4 is 46.8 Å². The highest BCUT2D eigenvalue weighted by Crippen LogP contribution is 2.28. The Hall–Kier alpha value is -3.52. The molecule has 0 aliphatic carbocycles. The number of halogens is 1. The number of piperidine rings is 1. The minimum Gasteiger partial charge on any atom is -0.326 e. The Morgan fingerprint density at radius 3 is 2.56 bits per heavy atom. The molecule has 1 fully saturated rings. The van der Waals surface area contributed by atoms with E-state index in [0.717, 1.165) is 10.5 Å². The van der Waals surface area contributed by atoms with Crippen LogP contribution in [0.15, 0.2) is 36.4 Å². The van der Waals surface area contributed by atoms with Crippen molar-refractivity contribution in [2.75, 3.05) is 5.32 Å². The van der Waals surface area contributed by atoms with Crippen molar-refractivity contribution in [2.24, 2.45) is 0 Å². The van der Waals surface area contributed by atoms with Crippen LogP contribution in [0.1, 0.15) is 51.1 Å². The topological polar surface area (TPSA) is 113 Å². The molecule has 2 aliphatic heterocycles. The van der Waals surface area contributed by atoms with E-state index in [1.54, 1.807) is 24.3 Å². The van der Waals surface area contributed by atoms with Crippen LogP contribution in [0.5, 0.6) is 0 Å². The summed E-state index contributed by atoms with van der Waals surface area (Å²) in [6.07, 6.45) is 0.699. The molecular weight excluding hydrogens is 434 g/mol. The molecule has 0 bridgehead atoms. The molecule has 2 heterocycles. The van der Waals surface area contributed by atoms with Crippen LogP contribution in [-0.4, -0.2) is 40.5 Å². The molecule has 9 heteroatoms. The lowest BCUT2D eigenvalue weighted by Crippen LogP contribution is -2.54. The van der Waals surface area contributed by atoms with E-state index in [2.05, 4.69) is 10.6 Å². The van der Waals surface area contributed by atoms with Gasteiger partial charge in [-0.2, -0.15) is 0 Å². The molecular formula is C23H20ClN3O5. The number of hydrogen-bond acceptors (Lipinski definition) is 5. The number of benzene rings is 2. The maximum absolute atomic E-state index is 12.9. The average molecular weight is 454 g/mol. The molecule has 2 aromatic carbocycles. The quantitative estimate of drug-likeness (QED) is 0.676. The number of aryl methyl sites for hydroxylation is 2. The smallest absolute Gasteiger partial charge is 0.262 e. The number of amides is 5. The van der Waals surface area contributed by atoms with Gasteiger partial charge in [-0.05, 0) is 55.2 Å². The summed E-state index contributed by atoms with van der Waals surface area (Å²) in [6.45, 7) is 1.87. The summed E-state index contributed by atoms with van der Waals surface area (Å²) >= 11 is 6.08. The summed E-state index contributed by atoms with van der Waals surface area (Å²) in [5.74, 6) is -2.40. The predicted octanol–water partition coefficient (Wildman–Crippen LogP) is 2.62. The second-order valence-electron chi connectivity index (χ2n) is 7.84. The van der Waals surface area contributed by atoms with Crippen LogP contribution < -0.4 is 10.6 Å². The fourth-order valence-corrected chi connectivity index (χ4v) is 4.01. The highest BCUT2D eigenvalue weighted by molar-refractivity contribution is 6.31. The maximum Gasteiger partial charge on any atom is 0.262 e. The Morgan fingerprint density at radius 2 is 1.84 bits per heavy atom. The molecule has 5 amide bonds. The molecule has 4 rings (SSSR count). The van der Waals surface area contributed by atoms with Crippen LogP contribution in [0.2, 0.25) is 5.02 Å². The van der Waals surface area contributed by atoms with Gasteiger partial charge in [-0.3, -0.25) is 34.2 Å². The van der Waals surface area contributed by atoms with E-state index in [-0.39, 0.29) is 36.3 Å². The Morgan fingerprint density at radius 1 is 1.09 bits per heavy atom. The van der Waals surface area contributed by atoms with E-state index >= 15 is 0 Å². The minimum absolute atomic E-state index is 0.0658. The van der Waals surface area contributed by atoms with Gasteiger partial charge in [-0.15, -0.1) is 0 Å². The molecule has 164 valence electrons. The zero-order chi connectivity index (χ0) is 23.0. The van der Waals surface area contributed by atoms with Crippen LogP contribution in [0.4, 0.5) is 5.69 Å². The molecule has 2 aliphatic rings. The monoisotopic (exact) mass is 453 g/mol. The zero-order valence-electron chi connectivity index (χ0n) is 17.2. The van der Waals surface area contributed by atoms with E-state index in [1.807, 2.05) is 13.0 Å². The summed E-state index contributed by atoms with van der Waals surface area (Å²) in [5, 5.41) is 5.51. The van der Waals surface area contributed by atoms with Gasteiger partial charge in [0.1, 0.15) is 6.04 Å². The maximum atomic E-state index is 12.9. The minimum atomic E-state index is -1.00. The normalized spacial score (nSPS) is 17.9.